The molecule has 0 aliphatic rings. The Bertz CT molecular complexity index is 1230. The van der Waals surface area contributed by atoms with E-state index in [1.165, 1.54) is 5.56 Å². The molecular formula is C22H16N2O2. The van der Waals surface area contributed by atoms with Crippen LogP contribution in [0.5, 0.6) is 0 Å². The summed E-state index contributed by atoms with van der Waals surface area (Å²) in [6, 6.07) is 19.7. The zero-order valence-corrected chi connectivity index (χ0v) is 14.5. The molecule has 2 aromatic heterocycles. The number of para-hydroxylation sites is 2. The number of fused-ring (bicyclic) bond motifs is 2. The highest BCUT2D eigenvalue weighted by molar-refractivity contribution is 5.85. The van der Waals surface area contributed by atoms with E-state index in [1.807, 2.05) is 54.6 Å². The highest BCUT2D eigenvalue weighted by Gasteiger charge is 2.18. The summed E-state index contributed by atoms with van der Waals surface area (Å²) in [5, 5.41) is 0. The molecule has 26 heavy (non-hydrogen) atoms. The first-order valence-corrected chi connectivity index (χ1v) is 8.53. The Kier molecular flexibility index (Phi) is 3.19. The fourth-order valence-corrected chi connectivity index (χ4v) is 3.18. The number of nitrogens with zero attached hydrogens (tertiary/aromatic N) is 2. The molecule has 2 heterocycles. The molecule has 126 valence electrons. The number of benzene rings is 3. The van der Waals surface area contributed by atoms with Crippen LogP contribution in [-0.2, 0) is 0 Å². The molecule has 4 heteroatoms. The fourth-order valence-electron chi connectivity index (χ4n) is 3.18. The second-order valence-corrected chi connectivity index (χ2v) is 6.41. The minimum Gasteiger partial charge on any atom is -0.436 e. The van der Waals surface area contributed by atoms with E-state index in [0.29, 0.717) is 11.8 Å². The molecule has 0 atom stereocenters. The normalized spacial score (nSPS) is 11.5. The molecule has 4 nitrogen and oxygen atoms in total. The van der Waals surface area contributed by atoms with Gasteiger partial charge in [0.15, 0.2) is 11.2 Å². The van der Waals surface area contributed by atoms with E-state index in [4.69, 9.17) is 13.8 Å². The molecule has 5 aromatic rings. The Morgan fingerprint density at radius 1 is 0.654 bits per heavy atom. The minimum atomic E-state index is 0.567. The molecule has 0 saturated heterocycles. The van der Waals surface area contributed by atoms with E-state index in [-0.39, 0.29) is 0 Å². The summed E-state index contributed by atoms with van der Waals surface area (Å²) in [6.45, 7) is 4.14. The molecule has 0 N–H and O–H groups in total. The van der Waals surface area contributed by atoms with Crippen molar-refractivity contribution in [2.24, 2.45) is 0 Å². The SMILES string of the molecule is Cc1ccc2oc(-c3ccccc3-c3nc4ccccc4o3)nc2c1C. The third-order valence-corrected chi connectivity index (χ3v) is 4.77. The van der Waals surface area contributed by atoms with Gasteiger partial charge in [-0.25, -0.2) is 9.97 Å². The van der Waals surface area contributed by atoms with Gasteiger partial charge in [-0.15, -0.1) is 0 Å². The topological polar surface area (TPSA) is 52.1 Å². The van der Waals surface area contributed by atoms with Crippen LogP contribution in [-0.4, -0.2) is 9.97 Å². The third kappa shape index (κ3) is 2.23. The van der Waals surface area contributed by atoms with Crippen LogP contribution < -0.4 is 0 Å². The summed E-state index contributed by atoms with van der Waals surface area (Å²) in [4.78, 5) is 9.37. The van der Waals surface area contributed by atoms with Gasteiger partial charge in [-0.2, -0.15) is 0 Å². The zero-order valence-electron chi connectivity index (χ0n) is 14.5. The van der Waals surface area contributed by atoms with Crippen molar-refractivity contribution >= 4 is 22.2 Å². The Morgan fingerprint density at radius 2 is 1.31 bits per heavy atom. The zero-order chi connectivity index (χ0) is 17.7. The van der Waals surface area contributed by atoms with Gasteiger partial charge >= 0.3 is 0 Å². The lowest BCUT2D eigenvalue weighted by molar-refractivity contribution is 0.611. The molecule has 0 fully saturated rings. The van der Waals surface area contributed by atoms with E-state index >= 15 is 0 Å². The summed E-state index contributed by atoms with van der Waals surface area (Å²) in [6.07, 6.45) is 0. The van der Waals surface area contributed by atoms with E-state index in [0.717, 1.165) is 38.9 Å². The molecule has 0 amide bonds. The first-order valence-electron chi connectivity index (χ1n) is 8.53. The van der Waals surface area contributed by atoms with Crippen LogP contribution in [0.15, 0.2) is 69.5 Å². The summed E-state index contributed by atoms with van der Waals surface area (Å²) in [7, 11) is 0. The van der Waals surface area contributed by atoms with Gasteiger partial charge in [-0.1, -0.05) is 30.3 Å². The second-order valence-electron chi connectivity index (χ2n) is 6.41. The monoisotopic (exact) mass is 340 g/mol. The number of aromatic nitrogens is 2. The van der Waals surface area contributed by atoms with Crippen molar-refractivity contribution in [2.45, 2.75) is 13.8 Å². The van der Waals surface area contributed by atoms with Crippen molar-refractivity contribution in [1.82, 2.24) is 9.97 Å². The van der Waals surface area contributed by atoms with Gasteiger partial charge in [-0.05, 0) is 55.3 Å². The van der Waals surface area contributed by atoms with Crippen molar-refractivity contribution in [3.63, 3.8) is 0 Å². The lowest BCUT2D eigenvalue weighted by Gasteiger charge is -2.01. The molecule has 0 aliphatic carbocycles. The molecule has 0 unspecified atom stereocenters. The second kappa shape index (κ2) is 5.56. The average molecular weight is 340 g/mol. The molecule has 3 aromatic carbocycles. The van der Waals surface area contributed by atoms with E-state index in [2.05, 4.69) is 24.9 Å². The number of hydrogen-bond acceptors (Lipinski definition) is 4. The lowest BCUT2D eigenvalue weighted by atomic mass is 10.1. The molecular weight excluding hydrogens is 324 g/mol. The van der Waals surface area contributed by atoms with Gasteiger partial charge in [0.25, 0.3) is 0 Å². The Labute approximate surface area is 150 Å². The molecule has 0 spiro atoms. The fraction of sp³-hybridized carbons (Fsp3) is 0.0909. The van der Waals surface area contributed by atoms with Crippen LogP contribution in [0.4, 0.5) is 0 Å². The van der Waals surface area contributed by atoms with Crippen LogP contribution in [0.1, 0.15) is 11.1 Å². The number of aryl methyl sites for hydroxylation is 2. The van der Waals surface area contributed by atoms with Crippen LogP contribution in [0, 0.1) is 13.8 Å². The number of hydrogen-bond donors (Lipinski definition) is 0. The van der Waals surface area contributed by atoms with Crippen molar-refractivity contribution < 1.29 is 8.83 Å². The molecule has 0 aliphatic heterocycles. The lowest BCUT2D eigenvalue weighted by Crippen LogP contribution is -1.85. The summed E-state index contributed by atoms with van der Waals surface area (Å²) in [5.41, 5.74) is 7.35. The summed E-state index contributed by atoms with van der Waals surface area (Å²) < 4.78 is 12.0. The van der Waals surface area contributed by atoms with Gasteiger partial charge in [0.05, 0.1) is 0 Å². The van der Waals surface area contributed by atoms with Crippen molar-refractivity contribution in [3.8, 4) is 22.9 Å². The Balaban J connectivity index is 1.72. The van der Waals surface area contributed by atoms with Crippen molar-refractivity contribution in [1.29, 1.82) is 0 Å². The molecule has 0 radical (unpaired) electrons. The quantitative estimate of drug-likeness (QED) is 0.400. The van der Waals surface area contributed by atoms with E-state index in [1.54, 1.807) is 0 Å². The van der Waals surface area contributed by atoms with Gasteiger partial charge in [0, 0.05) is 11.1 Å². The predicted octanol–water partition coefficient (Wildman–Crippen LogP) is 5.92. The average Bonchev–Trinajstić information content (AvgIpc) is 3.29. The van der Waals surface area contributed by atoms with Gasteiger partial charge in [-0.3, -0.25) is 0 Å². The smallest absolute Gasteiger partial charge is 0.228 e. The third-order valence-electron chi connectivity index (χ3n) is 4.77. The maximum Gasteiger partial charge on any atom is 0.228 e. The van der Waals surface area contributed by atoms with E-state index in [9.17, 15) is 0 Å². The van der Waals surface area contributed by atoms with Crippen LogP contribution in [0.3, 0.4) is 0 Å². The van der Waals surface area contributed by atoms with Gasteiger partial charge in [0.1, 0.15) is 11.0 Å². The maximum absolute atomic E-state index is 6.05. The van der Waals surface area contributed by atoms with Gasteiger partial charge < -0.3 is 8.83 Å². The predicted molar refractivity (Wildman–Crippen MR) is 102 cm³/mol. The minimum absolute atomic E-state index is 0.567. The maximum atomic E-state index is 6.05. The van der Waals surface area contributed by atoms with E-state index < -0.39 is 0 Å². The standard InChI is InChI=1S/C22H16N2O2/c1-13-11-12-19-20(14(13)2)24-22(26-19)16-8-4-3-7-15(16)21-23-17-9-5-6-10-18(17)25-21/h3-12H,1-2H3. The number of rotatable bonds is 2. The highest BCUT2D eigenvalue weighted by atomic mass is 16.4. The molecule has 0 saturated carbocycles. The molecule has 0 bridgehead atoms. The molecule has 5 rings (SSSR count). The first kappa shape index (κ1) is 14.9. The van der Waals surface area contributed by atoms with Crippen molar-refractivity contribution in [2.75, 3.05) is 0 Å². The summed E-state index contributed by atoms with van der Waals surface area (Å²) >= 11 is 0. The summed E-state index contributed by atoms with van der Waals surface area (Å²) in [5.74, 6) is 1.14. The van der Waals surface area contributed by atoms with Crippen LogP contribution in [0.25, 0.3) is 45.1 Å². The largest absolute Gasteiger partial charge is 0.436 e. The Morgan fingerprint density at radius 3 is 2.08 bits per heavy atom. The highest BCUT2D eigenvalue weighted by Crippen LogP contribution is 2.35. The van der Waals surface area contributed by atoms with Crippen molar-refractivity contribution in [3.05, 3.63) is 71.8 Å². The van der Waals surface area contributed by atoms with Crippen LogP contribution >= 0.6 is 0 Å². The van der Waals surface area contributed by atoms with Crippen LogP contribution in [0.2, 0.25) is 0 Å². The van der Waals surface area contributed by atoms with Gasteiger partial charge in [0.2, 0.25) is 11.8 Å². The number of oxazole rings is 2. The first-order chi connectivity index (χ1) is 12.7. The Hall–Kier alpha value is -3.40.